The number of rotatable bonds is 10. The number of nitrogens with two attached hydrogens (primary N) is 1. The summed E-state index contributed by atoms with van der Waals surface area (Å²) in [6.45, 7) is 4.76. The van der Waals surface area contributed by atoms with Crippen molar-refractivity contribution in [2.75, 3.05) is 0 Å². The van der Waals surface area contributed by atoms with Gasteiger partial charge in [-0.2, -0.15) is 0 Å². The van der Waals surface area contributed by atoms with Crippen molar-refractivity contribution in [3.05, 3.63) is 46.3 Å². The fourth-order valence-electron chi connectivity index (χ4n) is 2.39. The summed E-state index contributed by atoms with van der Waals surface area (Å²) < 4.78 is 0. The fourth-order valence-corrected chi connectivity index (χ4v) is 2.39. The van der Waals surface area contributed by atoms with E-state index in [0.29, 0.717) is 12.8 Å². The van der Waals surface area contributed by atoms with E-state index in [4.69, 9.17) is 11.3 Å². The highest BCUT2D eigenvalue weighted by Crippen LogP contribution is 2.11. The highest BCUT2D eigenvalue weighted by Gasteiger charge is 2.31. The summed E-state index contributed by atoms with van der Waals surface area (Å²) in [7, 11) is 0. The third kappa shape index (κ3) is 6.99. The fraction of sp³-hybridized carbons (Fsp3) is 0.500. The lowest BCUT2D eigenvalue weighted by Crippen LogP contribution is -2.55. The second-order valence-corrected chi connectivity index (χ2v) is 6.72. The van der Waals surface area contributed by atoms with Crippen molar-refractivity contribution in [3.63, 3.8) is 0 Å². The summed E-state index contributed by atoms with van der Waals surface area (Å²) >= 11 is 0. The predicted octanol–water partition coefficient (Wildman–Crippen LogP) is 1.57. The quantitative estimate of drug-likeness (QED) is 0.324. The van der Waals surface area contributed by atoms with E-state index in [0.717, 1.165) is 5.56 Å². The number of nitrogens with one attached hydrogen (secondary N) is 2. The van der Waals surface area contributed by atoms with Gasteiger partial charge >= 0.3 is 0 Å². The number of benzene rings is 1. The van der Waals surface area contributed by atoms with Gasteiger partial charge in [-0.15, -0.1) is 0 Å². The molecule has 4 N–H and O–H groups in total. The summed E-state index contributed by atoms with van der Waals surface area (Å²) in [6.07, 6.45) is 1.24. The summed E-state index contributed by atoms with van der Waals surface area (Å²) in [5, 5.41) is 8.63. The van der Waals surface area contributed by atoms with Crippen LogP contribution in [0.4, 0.5) is 0 Å². The number of nitrogens with zero attached hydrogens (tertiary/aromatic N) is 3. The normalized spacial score (nSPS) is 13.0. The Balaban J connectivity index is 2.87. The molecule has 0 saturated carbocycles. The first kappa shape index (κ1) is 22.0. The highest BCUT2D eigenvalue weighted by molar-refractivity contribution is 5.93. The molecule has 0 aliphatic heterocycles. The van der Waals surface area contributed by atoms with Gasteiger partial charge in [0.05, 0.1) is 0 Å². The molecular formula is C18H26N6O3. The second-order valence-electron chi connectivity index (χ2n) is 6.72. The second kappa shape index (κ2) is 10.2. The molecule has 0 aliphatic rings. The van der Waals surface area contributed by atoms with Gasteiger partial charge < -0.3 is 16.4 Å². The van der Waals surface area contributed by atoms with Crippen molar-refractivity contribution in [1.29, 1.82) is 0 Å². The van der Waals surface area contributed by atoms with Crippen LogP contribution in [0, 0.1) is 0 Å². The Kier molecular flexibility index (Phi) is 8.29. The van der Waals surface area contributed by atoms with Crippen LogP contribution in [0.1, 0.15) is 39.2 Å². The Labute approximate surface area is 158 Å². The largest absolute Gasteiger partial charge is 0.368 e. The van der Waals surface area contributed by atoms with Gasteiger partial charge in [-0.25, -0.2) is 0 Å². The van der Waals surface area contributed by atoms with Crippen LogP contribution < -0.4 is 16.4 Å². The number of hydrogen-bond donors (Lipinski definition) is 3. The van der Waals surface area contributed by atoms with Crippen LogP contribution >= 0.6 is 0 Å². The van der Waals surface area contributed by atoms with Crippen molar-refractivity contribution in [2.45, 2.75) is 57.7 Å². The van der Waals surface area contributed by atoms with Crippen molar-refractivity contribution >= 4 is 17.7 Å². The molecule has 0 fully saturated rings. The Morgan fingerprint density at radius 3 is 2.33 bits per heavy atom. The molecule has 0 heterocycles. The van der Waals surface area contributed by atoms with Crippen molar-refractivity contribution in [2.24, 2.45) is 10.8 Å². The van der Waals surface area contributed by atoms with E-state index in [-0.39, 0.29) is 6.42 Å². The van der Waals surface area contributed by atoms with Crippen molar-refractivity contribution in [1.82, 2.24) is 10.6 Å². The highest BCUT2D eigenvalue weighted by atomic mass is 16.2. The first-order valence-corrected chi connectivity index (χ1v) is 8.72. The van der Waals surface area contributed by atoms with Crippen molar-refractivity contribution < 1.29 is 14.4 Å². The molecular weight excluding hydrogens is 348 g/mol. The number of amides is 3. The maximum Gasteiger partial charge on any atom is 0.243 e. The molecule has 1 aromatic carbocycles. The smallest absolute Gasteiger partial charge is 0.243 e. The lowest BCUT2D eigenvalue weighted by Gasteiger charge is -2.25. The molecule has 146 valence electrons. The van der Waals surface area contributed by atoms with E-state index in [1.807, 2.05) is 37.3 Å². The molecule has 27 heavy (non-hydrogen) atoms. The molecule has 9 nitrogen and oxygen atoms in total. The molecule has 0 spiro atoms. The molecule has 0 radical (unpaired) electrons. The Morgan fingerprint density at radius 2 is 1.81 bits per heavy atom. The Hall–Kier alpha value is -3.06. The molecule has 0 bridgehead atoms. The number of carbonyl (C=O) groups excluding carboxylic acids is 3. The monoisotopic (exact) mass is 374 g/mol. The van der Waals surface area contributed by atoms with Crippen LogP contribution in [0.2, 0.25) is 0 Å². The number of azide groups is 1. The number of primary amides is 1. The Morgan fingerprint density at radius 1 is 1.19 bits per heavy atom. The van der Waals surface area contributed by atoms with Gasteiger partial charge in [0.1, 0.15) is 17.6 Å². The average Bonchev–Trinajstić information content (AvgIpc) is 2.61. The summed E-state index contributed by atoms with van der Waals surface area (Å²) in [6, 6.07) is 7.39. The minimum atomic E-state index is -1.34. The molecule has 9 heteroatoms. The van der Waals surface area contributed by atoms with E-state index >= 15 is 0 Å². The Bertz CT molecular complexity index is 713. The lowest BCUT2D eigenvalue weighted by atomic mass is 10.0. The topological polar surface area (TPSA) is 150 Å². The zero-order valence-electron chi connectivity index (χ0n) is 15.8. The van der Waals surface area contributed by atoms with Crippen LogP contribution in [-0.2, 0) is 20.8 Å². The van der Waals surface area contributed by atoms with Gasteiger partial charge in [0, 0.05) is 11.3 Å². The van der Waals surface area contributed by atoms with Crippen LogP contribution in [0.25, 0.3) is 10.4 Å². The summed E-state index contributed by atoms with van der Waals surface area (Å²) in [5.74, 6) is -1.75. The molecule has 0 aliphatic carbocycles. The van der Waals surface area contributed by atoms with E-state index < -0.39 is 35.3 Å². The van der Waals surface area contributed by atoms with Gasteiger partial charge in [-0.05, 0) is 31.4 Å². The predicted molar refractivity (Wildman–Crippen MR) is 101 cm³/mol. The molecule has 0 saturated heterocycles. The minimum absolute atomic E-state index is 0.249. The maximum atomic E-state index is 12.6. The van der Waals surface area contributed by atoms with Gasteiger partial charge in [-0.1, -0.05) is 48.8 Å². The van der Waals surface area contributed by atoms with E-state index in [1.54, 1.807) is 0 Å². The molecule has 1 rings (SSSR count). The van der Waals surface area contributed by atoms with Gasteiger partial charge in [0.2, 0.25) is 17.7 Å². The van der Waals surface area contributed by atoms with Gasteiger partial charge in [0.25, 0.3) is 0 Å². The van der Waals surface area contributed by atoms with Gasteiger partial charge in [-0.3, -0.25) is 14.4 Å². The van der Waals surface area contributed by atoms with Crippen molar-refractivity contribution in [3.8, 4) is 0 Å². The average molecular weight is 374 g/mol. The number of hydrogen-bond acceptors (Lipinski definition) is 4. The standard InChI is InChI=1S/C18H26N6O3/c1-4-8-13(22-17(27)18(2,3)23-24-20)16(26)21-14(15(19)25)11-12-9-6-5-7-10-12/h5-7,9-10,13-14H,4,8,11H2,1-3H3,(H2,19,25)(H,21,26)(H,22,27)/t13-,14-/m0/s1. The van der Waals surface area contributed by atoms with Crippen LogP contribution in [0.5, 0.6) is 0 Å². The first-order valence-electron chi connectivity index (χ1n) is 8.72. The third-order valence-corrected chi connectivity index (χ3v) is 3.99. The first-order chi connectivity index (χ1) is 12.7. The summed E-state index contributed by atoms with van der Waals surface area (Å²) in [4.78, 5) is 39.3. The maximum absolute atomic E-state index is 12.6. The summed E-state index contributed by atoms with van der Waals surface area (Å²) in [5.41, 5.74) is 13.5. The van der Waals surface area contributed by atoms with E-state index in [9.17, 15) is 14.4 Å². The molecule has 2 atom stereocenters. The zero-order valence-corrected chi connectivity index (χ0v) is 15.8. The third-order valence-electron chi connectivity index (χ3n) is 3.99. The number of carbonyl (C=O) groups is 3. The van der Waals surface area contributed by atoms with E-state index in [2.05, 4.69) is 20.7 Å². The SMILES string of the molecule is CCC[C@H](NC(=O)C(C)(C)N=[N+]=[N-])C(=O)N[C@@H](Cc1ccccc1)C(N)=O. The van der Waals surface area contributed by atoms with Crippen LogP contribution in [0.15, 0.2) is 35.4 Å². The molecule has 0 unspecified atom stereocenters. The molecule has 3 amide bonds. The lowest BCUT2D eigenvalue weighted by molar-refractivity contribution is -0.133. The van der Waals surface area contributed by atoms with Crippen LogP contribution in [0.3, 0.4) is 0 Å². The van der Waals surface area contributed by atoms with Crippen LogP contribution in [-0.4, -0.2) is 35.3 Å². The minimum Gasteiger partial charge on any atom is -0.368 e. The molecule has 1 aromatic rings. The zero-order chi connectivity index (χ0) is 20.4. The molecule has 0 aromatic heterocycles. The van der Waals surface area contributed by atoms with Gasteiger partial charge in [0.15, 0.2) is 0 Å². The van der Waals surface area contributed by atoms with E-state index in [1.165, 1.54) is 13.8 Å².